The number of hydrogen-bond donors (Lipinski definition) is 1. The second-order valence-electron chi connectivity index (χ2n) is 7.22. The summed E-state index contributed by atoms with van der Waals surface area (Å²) >= 11 is 6.15. The van der Waals surface area contributed by atoms with E-state index in [1.807, 2.05) is 19.1 Å². The van der Waals surface area contributed by atoms with E-state index >= 15 is 0 Å². The Balaban J connectivity index is 1.86. The zero-order valence-corrected chi connectivity index (χ0v) is 18.5. The Morgan fingerprint density at radius 1 is 1.03 bits per heavy atom. The van der Waals surface area contributed by atoms with Crippen LogP contribution in [0.2, 0.25) is 5.02 Å². The van der Waals surface area contributed by atoms with Crippen molar-refractivity contribution in [1.29, 1.82) is 0 Å². The van der Waals surface area contributed by atoms with Crippen LogP contribution in [-0.2, 0) is 17.3 Å². The monoisotopic (exact) mass is 452 g/mol. The molecule has 0 bridgehead atoms. The molecule has 5 nitrogen and oxygen atoms in total. The molecule has 1 N–H and O–H groups in total. The maximum atomic E-state index is 13.5. The standard InChI is InChI=1S/C24H21ClN2O3S/c1-2-12-26-23(28)17-10-11-22-20(14-17)27(15-16-6-5-7-18(25)13-16)24(29)19-8-3-4-9-21(19)31(22)30/h3-11,13-14H,2,12,15H2,1H3,(H,26,28)/t31-/m0/s1. The van der Waals surface area contributed by atoms with Crippen LogP contribution >= 0.6 is 11.6 Å². The number of nitrogens with zero attached hydrogens (tertiary/aromatic N) is 1. The lowest BCUT2D eigenvalue weighted by Gasteiger charge is -2.23. The second-order valence-corrected chi connectivity index (χ2v) is 9.08. The number of anilines is 1. The van der Waals surface area contributed by atoms with Gasteiger partial charge < -0.3 is 10.2 Å². The number of benzene rings is 3. The third-order valence-electron chi connectivity index (χ3n) is 5.04. The van der Waals surface area contributed by atoms with E-state index in [2.05, 4.69) is 5.32 Å². The molecule has 0 spiro atoms. The molecule has 0 saturated heterocycles. The van der Waals surface area contributed by atoms with Crippen LogP contribution in [0.4, 0.5) is 5.69 Å². The minimum Gasteiger partial charge on any atom is -0.352 e. The summed E-state index contributed by atoms with van der Waals surface area (Å²) in [4.78, 5) is 28.6. The summed E-state index contributed by atoms with van der Waals surface area (Å²) in [5, 5.41) is 3.41. The molecule has 3 aromatic carbocycles. The number of halogens is 1. The van der Waals surface area contributed by atoms with Crippen LogP contribution < -0.4 is 10.2 Å². The summed E-state index contributed by atoms with van der Waals surface area (Å²) in [6, 6.07) is 19.1. The van der Waals surface area contributed by atoms with Gasteiger partial charge in [-0.2, -0.15) is 0 Å². The van der Waals surface area contributed by atoms with Gasteiger partial charge in [-0.3, -0.25) is 9.59 Å². The molecule has 31 heavy (non-hydrogen) atoms. The fourth-order valence-corrected chi connectivity index (χ4v) is 5.08. The highest BCUT2D eigenvalue weighted by molar-refractivity contribution is 7.85. The largest absolute Gasteiger partial charge is 0.352 e. The van der Waals surface area contributed by atoms with E-state index in [9.17, 15) is 13.8 Å². The molecule has 1 atom stereocenters. The topological polar surface area (TPSA) is 66.5 Å². The molecule has 1 heterocycles. The molecule has 0 unspecified atom stereocenters. The van der Waals surface area contributed by atoms with Crippen LogP contribution in [0.15, 0.2) is 76.5 Å². The third-order valence-corrected chi connectivity index (χ3v) is 6.77. The highest BCUT2D eigenvalue weighted by Crippen LogP contribution is 2.36. The average Bonchev–Trinajstić information content (AvgIpc) is 2.87. The predicted molar refractivity (Wildman–Crippen MR) is 122 cm³/mol. The minimum absolute atomic E-state index is 0.229. The highest BCUT2D eigenvalue weighted by Gasteiger charge is 2.31. The highest BCUT2D eigenvalue weighted by atomic mass is 35.5. The quantitative estimate of drug-likeness (QED) is 0.604. The van der Waals surface area contributed by atoms with Gasteiger partial charge in [0.15, 0.2) is 0 Å². The number of hydrogen-bond acceptors (Lipinski definition) is 3. The van der Waals surface area contributed by atoms with Gasteiger partial charge >= 0.3 is 0 Å². The van der Waals surface area contributed by atoms with Gasteiger partial charge in [0.1, 0.15) is 0 Å². The molecule has 0 fully saturated rings. The Morgan fingerprint density at radius 3 is 2.61 bits per heavy atom. The van der Waals surface area contributed by atoms with Crippen LogP contribution in [0.25, 0.3) is 0 Å². The SMILES string of the molecule is CCCNC(=O)c1ccc2c(c1)N(Cc1cccc(Cl)c1)C(=O)c1ccccc1[S@@]2=O. The Bertz CT molecular complexity index is 1190. The predicted octanol–water partition coefficient (Wildman–Crippen LogP) is 4.81. The van der Waals surface area contributed by atoms with E-state index in [4.69, 9.17) is 11.6 Å². The van der Waals surface area contributed by atoms with Gasteiger partial charge in [-0.15, -0.1) is 0 Å². The van der Waals surface area contributed by atoms with Crippen LogP contribution in [0.1, 0.15) is 39.6 Å². The van der Waals surface area contributed by atoms with Gasteiger partial charge in [0.25, 0.3) is 11.8 Å². The fourth-order valence-electron chi connectivity index (χ4n) is 3.52. The Hall–Kier alpha value is -2.96. The van der Waals surface area contributed by atoms with Crippen molar-refractivity contribution >= 4 is 39.9 Å². The van der Waals surface area contributed by atoms with Crippen molar-refractivity contribution in [1.82, 2.24) is 5.32 Å². The molecule has 3 aromatic rings. The first-order chi connectivity index (χ1) is 15.0. The first-order valence-corrected chi connectivity index (χ1v) is 11.5. The molecule has 158 valence electrons. The zero-order chi connectivity index (χ0) is 22.0. The number of carbonyl (C=O) groups is 2. The minimum atomic E-state index is -1.56. The summed E-state index contributed by atoms with van der Waals surface area (Å²) in [5.74, 6) is -0.499. The number of carbonyl (C=O) groups excluding carboxylic acids is 2. The van der Waals surface area contributed by atoms with Crippen LogP contribution in [0.3, 0.4) is 0 Å². The Kier molecular flexibility index (Phi) is 6.20. The lowest BCUT2D eigenvalue weighted by molar-refractivity contribution is 0.0950. The van der Waals surface area contributed by atoms with Crippen LogP contribution in [0.5, 0.6) is 0 Å². The third kappa shape index (κ3) is 4.27. The van der Waals surface area contributed by atoms with Crippen molar-refractivity contribution in [3.05, 3.63) is 88.4 Å². The van der Waals surface area contributed by atoms with Crippen molar-refractivity contribution in [3.63, 3.8) is 0 Å². The fraction of sp³-hybridized carbons (Fsp3) is 0.167. The van der Waals surface area contributed by atoms with E-state index in [0.717, 1.165) is 12.0 Å². The summed E-state index contributed by atoms with van der Waals surface area (Å²) in [6.07, 6.45) is 0.815. The number of fused-ring (bicyclic) bond motifs is 2. The van der Waals surface area contributed by atoms with Gasteiger partial charge in [-0.25, -0.2) is 4.21 Å². The zero-order valence-electron chi connectivity index (χ0n) is 16.9. The summed E-state index contributed by atoms with van der Waals surface area (Å²) in [7, 11) is -1.56. The van der Waals surface area contributed by atoms with Gasteiger partial charge in [0.05, 0.1) is 38.4 Å². The Morgan fingerprint density at radius 2 is 1.84 bits per heavy atom. The second kappa shape index (κ2) is 9.04. The first-order valence-electron chi connectivity index (χ1n) is 9.99. The van der Waals surface area contributed by atoms with E-state index < -0.39 is 10.8 Å². The molecule has 0 aromatic heterocycles. The first kappa shape index (κ1) is 21.3. The van der Waals surface area contributed by atoms with Crippen molar-refractivity contribution in [3.8, 4) is 0 Å². The Labute approximate surface area is 188 Å². The molecular weight excluding hydrogens is 432 g/mol. The summed E-state index contributed by atoms with van der Waals surface area (Å²) in [5.41, 5.74) is 2.09. The van der Waals surface area contributed by atoms with Crippen molar-refractivity contribution < 1.29 is 13.8 Å². The van der Waals surface area contributed by atoms with E-state index in [1.54, 1.807) is 59.5 Å². The summed E-state index contributed by atoms with van der Waals surface area (Å²) in [6.45, 7) is 2.76. The molecule has 0 saturated carbocycles. The lowest BCUT2D eigenvalue weighted by atomic mass is 10.1. The van der Waals surface area contributed by atoms with Gasteiger partial charge in [-0.05, 0) is 54.4 Å². The number of rotatable bonds is 5. The molecule has 0 aliphatic carbocycles. The molecule has 7 heteroatoms. The molecule has 0 radical (unpaired) electrons. The molecule has 1 aliphatic rings. The van der Waals surface area contributed by atoms with Crippen LogP contribution in [-0.4, -0.2) is 22.6 Å². The average molecular weight is 453 g/mol. The van der Waals surface area contributed by atoms with Crippen LogP contribution in [0, 0.1) is 0 Å². The normalized spacial score (nSPS) is 15.1. The molecule has 4 rings (SSSR count). The van der Waals surface area contributed by atoms with E-state index in [1.165, 1.54) is 0 Å². The maximum absolute atomic E-state index is 13.5. The number of nitrogens with one attached hydrogen (secondary N) is 1. The maximum Gasteiger partial charge on any atom is 0.259 e. The summed E-state index contributed by atoms with van der Waals surface area (Å²) < 4.78 is 13.4. The van der Waals surface area contributed by atoms with E-state index in [0.29, 0.717) is 38.2 Å². The van der Waals surface area contributed by atoms with Crippen molar-refractivity contribution in [2.75, 3.05) is 11.4 Å². The molecule has 1 aliphatic heterocycles. The lowest BCUT2D eigenvalue weighted by Crippen LogP contribution is -2.31. The van der Waals surface area contributed by atoms with E-state index in [-0.39, 0.29) is 18.4 Å². The molecular formula is C24H21ClN2O3S. The molecule has 2 amide bonds. The smallest absolute Gasteiger partial charge is 0.259 e. The number of amides is 2. The van der Waals surface area contributed by atoms with Crippen molar-refractivity contribution in [2.45, 2.75) is 29.7 Å². The van der Waals surface area contributed by atoms with Crippen molar-refractivity contribution in [2.24, 2.45) is 0 Å². The van der Waals surface area contributed by atoms with Gasteiger partial charge in [0, 0.05) is 17.1 Å². The van der Waals surface area contributed by atoms with Gasteiger partial charge in [-0.1, -0.05) is 42.8 Å². The van der Waals surface area contributed by atoms with Gasteiger partial charge in [0.2, 0.25) is 0 Å².